The molecule has 0 radical (unpaired) electrons. The van der Waals surface area contributed by atoms with Crippen molar-refractivity contribution in [1.82, 2.24) is 0 Å². The van der Waals surface area contributed by atoms with Gasteiger partial charge in [0, 0.05) is 5.38 Å². The highest BCUT2D eigenvalue weighted by atomic mass is 35.5. The molecule has 0 aromatic heterocycles. The van der Waals surface area contributed by atoms with Gasteiger partial charge in [0.2, 0.25) is 0 Å². The zero-order valence-electron chi connectivity index (χ0n) is 7.75. The lowest BCUT2D eigenvalue weighted by Gasteiger charge is -2.25. The van der Waals surface area contributed by atoms with Crippen molar-refractivity contribution in [3.63, 3.8) is 0 Å². The van der Waals surface area contributed by atoms with Crippen LogP contribution >= 0.6 is 11.6 Å². The Balaban J connectivity index is 2.03. The molecule has 70 valence electrons. The molecule has 0 saturated heterocycles. The van der Waals surface area contributed by atoms with Crippen LogP contribution in [-0.4, -0.2) is 5.38 Å². The molecule has 0 bridgehead atoms. The molecule has 1 fully saturated rings. The maximum absolute atomic E-state index is 6.07. The van der Waals surface area contributed by atoms with Crippen LogP contribution in [0.25, 0.3) is 0 Å². The van der Waals surface area contributed by atoms with Gasteiger partial charge in [-0.2, -0.15) is 0 Å². The lowest BCUT2D eigenvalue weighted by molar-refractivity contribution is 0.449. The van der Waals surface area contributed by atoms with Gasteiger partial charge < -0.3 is 0 Å². The summed E-state index contributed by atoms with van der Waals surface area (Å²) in [7, 11) is 0. The first-order chi connectivity index (χ1) is 6.36. The number of halogens is 1. The molecule has 1 aliphatic rings. The third-order valence-corrected chi connectivity index (χ3v) is 3.36. The fraction of sp³-hybridized carbons (Fsp3) is 0.500. The molecular formula is C12H15Cl. The average Bonchev–Trinajstić information content (AvgIpc) is 2.20. The summed E-state index contributed by atoms with van der Waals surface area (Å²) in [6.45, 7) is 0. The Morgan fingerprint density at radius 3 is 2.15 bits per heavy atom. The predicted octanol–water partition coefficient (Wildman–Crippen LogP) is 3.95. The summed E-state index contributed by atoms with van der Waals surface area (Å²) in [6.07, 6.45) is 4.89. The molecule has 0 aliphatic heterocycles. The fourth-order valence-electron chi connectivity index (χ4n) is 2.11. The maximum atomic E-state index is 6.07. The molecule has 1 saturated carbocycles. The quantitative estimate of drug-likeness (QED) is 0.594. The van der Waals surface area contributed by atoms with Crippen LogP contribution in [0.5, 0.6) is 0 Å². The lowest BCUT2D eigenvalue weighted by Crippen LogP contribution is -2.12. The van der Waals surface area contributed by atoms with Crippen LogP contribution in [-0.2, 0) is 0 Å². The van der Waals surface area contributed by atoms with Crippen molar-refractivity contribution in [3.05, 3.63) is 35.9 Å². The highest BCUT2D eigenvalue weighted by Crippen LogP contribution is 2.34. The van der Waals surface area contributed by atoms with E-state index < -0.39 is 0 Å². The minimum absolute atomic E-state index is 0.431. The van der Waals surface area contributed by atoms with Crippen LogP contribution in [0.3, 0.4) is 0 Å². The third-order valence-electron chi connectivity index (χ3n) is 2.93. The molecule has 2 rings (SSSR count). The van der Waals surface area contributed by atoms with E-state index in [1.54, 1.807) is 0 Å². The highest BCUT2D eigenvalue weighted by molar-refractivity contribution is 6.20. The summed E-state index contributed by atoms with van der Waals surface area (Å²) in [5.74, 6) is 0.760. The van der Waals surface area contributed by atoms with E-state index in [4.69, 9.17) is 11.6 Å². The van der Waals surface area contributed by atoms with E-state index in [1.165, 1.54) is 31.2 Å². The van der Waals surface area contributed by atoms with Crippen LogP contribution in [0.2, 0.25) is 0 Å². The minimum Gasteiger partial charge on any atom is -0.123 e. The van der Waals surface area contributed by atoms with E-state index in [0.717, 1.165) is 5.92 Å². The molecule has 0 heterocycles. The molecule has 0 nitrogen and oxygen atoms in total. The van der Waals surface area contributed by atoms with Gasteiger partial charge in [-0.05, 0) is 37.2 Å². The first kappa shape index (κ1) is 9.08. The van der Waals surface area contributed by atoms with Crippen molar-refractivity contribution in [2.45, 2.75) is 37.0 Å². The molecular weight excluding hydrogens is 180 g/mol. The van der Waals surface area contributed by atoms with Gasteiger partial charge in [-0.1, -0.05) is 30.3 Å². The molecule has 1 aliphatic carbocycles. The number of hydrogen-bond acceptors (Lipinski definition) is 0. The summed E-state index contributed by atoms with van der Waals surface area (Å²) >= 11 is 6.07. The topological polar surface area (TPSA) is 0 Å². The van der Waals surface area contributed by atoms with Crippen LogP contribution in [0, 0.1) is 0 Å². The number of rotatable bonds is 1. The van der Waals surface area contributed by atoms with Crippen LogP contribution in [0.4, 0.5) is 0 Å². The Labute approximate surface area is 84.9 Å². The smallest absolute Gasteiger partial charge is 0.0336 e. The predicted molar refractivity (Wildman–Crippen MR) is 57.3 cm³/mol. The summed E-state index contributed by atoms with van der Waals surface area (Å²) in [5, 5.41) is 0.431. The molecule has 0 N–H and O–H groups in total. The van der Waals surface area contributed by atoms with Gasteiger partial charge in [-0.3, -0.25) is 0 Å². The molecule has 1 heteroatoms. The standard InChI is InChI=1S/C12H15Cl/c13-12-8-6-11(7-9-12)10-4-2-1-3-5-10/h1-5,11-12H,6-9H2. The molecule has 13 heavy (non-hydrogen) atoms. The van der Waals surface area contributed by atoms with Gasteiger partial charge in [-0.25, -0.2) is 0 Å². The highest BCUT2D eigenvalue weighted by Gasteiger charge is 2.20. The summed E-state index contributed by atoms with van der Waals surface area (Å²) in [4.78, 5) is 0. The second kappa shape index (κ2) is 4.15. The maximum Gasteiger partial charge on any atom is 0.0336 e. The van der Waals surface area contributed by atoms with Crippen LogP contribution in [0.1, 0.15) is 37.2 Å². The van der Waals surface area contributed by atoms with Gasteiger partial charge in [0.15, 0.2) is 0 Å². The van der Waals surface area contributed by atoms with Crippen molar-refractivity contribution in [2.24, 2.45) is 0 Å². The van der Waals surface area contributed by atoms with Crippen molar-refractivity contribution < 1.29 is 0 Å². The first-order valence-corrected chi connectivity index (χ1v) is 5.49. The van der Waals surface area contributed by atoms with E-state index >= 15 is 0 Å². The van der Waals surface area contributed by atoms with E-state index in [-0.39, 0.29) is 0 Å². The molecule has 0 atom stereocenters. The molecule has 0 amide bonds. The van der Waals surface area contributed by atoms with Crippen molar-refractivity contribution in [1.29, 1.82) is 0 Å². The van der Waals surface area contributed by atoms with Gasteiger partial charge in [-0.15, -0.1) is 11.6 Å². The van der Waals surface area contributed by atoms with Crippen molar-refractivity contribution >= 4 is 11.6 Å². The lowest BCUT2D eigenvalue weighted by atomic mass is 9.84. The largest absolute Gasteiger partial charge is 0.123 e. The second-order valence-corrected chi connectivity index (χ2v) is 4.48. The number of hydrogen-bond donors (Lipinski definition) is 0. The summed E-state index contributed by atoms with van der Waals surface area (Å²) in [5.41, 5.74) is 1.49. The molecule has 0 unspecified atom stereocenters. The zero-order chi connectivity index (χ0) is 9.10. The van der Waals surface area contributed by atoms with Gasteiger partial charge in [0.25, 0.3) is 0 Å². The average molecular weight is 195 g/mol. The summed E-state index contributed by atoms with van der Waals surface area (Å²) in [6, 6.07) is 10.8. The van der Waals surface area contributed by atoms with E-state index in [2.05, 4.69) is 30.3 Å². The van der Waals surface area contributed by atoms with Crippen LogP contribution in [0.15, 0.2) is 30.3 Å². The number of benzene rings is 1. The number of alkyl halides is 1. The molecule has 0 spiro atoms. The fourth-order valence-corrected chi connectivity index (χ4v) is 2.36. The monoisotopic (exact) mass is 194 g/mol. The first-order valence-electron chi connectivity index (χ1n) is 5.05. The van der Waals surface area contributed by atoms with Crippen molar-refractivity contribution in [2.75, 3.05) is 0 Å². The third kappa shape index (κ3) is 2.25. The van der Waals surface area contributed by atoms with Gasteiger partial charge in [0.05, 0.1) is 0 Å². The van der Waals surface area contributed by atoms with Gasteiger partial charge in [0.1, 0.15) is 0 Å². The Bertz CT molecular complexity index is 247. The SMILES string of the molecule is ClC1CCC(c2ccccc2)CC1. The Morgan fingerprint density at radius 2 is 1.54 bits per heavy atom. The van der Waals surface area contributed by atoms with Gasteiger partial charge >= 0.3 is 0 Å². The normalized spacial score (nSPS) is 28.7. The molecule has 1 aromatic rings. The Hall–Kier alpha value is -0.490. The minimum atomic E-state index is 0.431. The Morgan fingerprint density at radius 1 is 0.923 bits per heavy atom. The van der Waals surface area contributed by atoms with E-state index in [1.807, 2.05) is 0 Å². The molecule has 1 aromatic carbocycles. The van der Waals surface area contributed by atoms with Crippen molar-refractivity contribution in [3.8, 4) is 0 Å². The summed E-state index contributed by atoms with van der Waals surface area (Å²) < 4.78 is 0. The van der Waals surface area contributed by atoms with E-state index in [9.17, 15) is 0 Å². The zero-order valence-corrected chi connectivity index (χ0v) is 8.50. The second-order valence-electron chi connectivity index (χ2n) is 3.86. The van der Waals surface area contributed by atoms with Crippen LogP contribution < -0.4 is 0 Å². The van der Waals surface area contributed by atoms with E-state index in [0.29, 0.717) is 5.38 Å². The Kier molecular flexibility index (Phi) is 2.90.